The van der Waals surface area contributed by atoms with Crippen LogP contribution >= 0.6 is 0 Å². The van der Waals surface area contributed by atoms with Crippen LogP contribution in [0.4, 0.5) is 0 Å². The second kappa shape index (κ2) is 5.85. The smallest absolute Gasteiger partial charge is 0.0300 e. The Bertz CT molecular complexity index is 406. The van der Waals surface area contributed by atoms with E-state index in [4.69, 9.17) is 5.73 Å². The number of hydrogen-bond donors (Lipinski definition) is 2. The number of rotatable bonds is 3. The zero-order valence-electron chi connectivity index (χ0n) is 11.9. The molecule has 0 aliphatic carbocycles. The van der Waals surface area contributed by atoms with Gasteiger partial charge in [-0.05, 0) is 81.3 Å². The third-order valence-electron chi connectivity index (χ3n) is 4.27. The molecule has 100 valence electrons. The fraction of sp³-hybridized carbons (Fsp3) is 0.625. The van der Waals surface area contributed by atoms with Crippen molar-refractivity contribution in [2.24, 2.45) is 11.7 Å². The Morgan fingerprint density at radius 2 is 1.94 bits per heavy atom. The summed E-state index contributed by atoms with van der Waals surface area (Å²) in [6.07, 6.45) is 3.73. The normalized spacial score (nSPS) is 21.9. The maximum absolute atomic E-state index is 6.42. The molecule has 0 bridgehead atoms. The molecule has 1 fully saturated rings. The summed E-state index contributed by atoms with van der Waals surface area (Å²) in [6, 6.07) is 4.74. The third-order valence-corrected chi connectivity index (χ3v) is 4.27. The van der Waals surface area contributed by atoms with Gasteiger partial charge in [0.25, 0.3) is 0 Å². The van der Waals surface area contributed by atoms with Crippen LogP contribution in [-0.2, 0) is 0 Å². The second-order valence-corrected chi connectivity index (χ2v) is 5.85. The molecule has 0 amide bonds. The van der Waals surface area contributed by atoms with E-state index in [2.05, 4.69) is 38.2 Å². The van der Waals surface area contributed by atoms with Gasteiger partial charge in [0.1, 0.15) is 0 Å². The lowest BCUT2D eigenvalue weighted by molar-refractivity contribution is 0.336. The highest BCUT2D eigenvalue weighted by Crippen LogP contribution is 2.27. The zero-order valence-corrected chi connectivity index (χ0v) is 11.9. The molecule has 0 saturated carbocycles. The van der Waals surface area contributed by atoms with Crippen LogP contribution in [0.3, 0.4) is 0 Å². The van der Waals surface area contributed by atoms with Gasteiger partial charge < -0.3 is 11.1 Å². The molecule has 1 saturated heterocycles. The fourth-order valence-corrected chi connectivity index (χ4v) is 2.99. The van der Waals surface area contributed by atoms with Crippen molar-refractivity contribution in [3.63, 3.8) is 0 Å². The van der Waals surface area contributed by atoms with Crippen molar-refractivity contribution in [1.82, 2.24) is 5.32 Å². The molecule has 1 heterocycles. The minimum Gasteiger partial charge on any atom is -0.324 e. The first-order valence-electron chi connectivity index (χ1n) is 7.12. The quantitative estimate of drug-likeness (QED) is 0.860. The number of piperidine rings is 1. The molecule has 2 atom stereocenters. The van der Waals surface area contributed by atoms with Gasteiger partial charge in [0.15, 0.2) is 0 Å². The predicted molar refractivity (Wildman–Crippen MR) is 77.8 cm³/mol. The number of benzene rings is 1. The van der Waals surface area contributed by atoms with Crippen molar-refractivity contribution >= 4 is 0 Å². The monoisotopic (exact) mass is 246 g/mol. The predicted octanol–water partition coefficient (Wildman–Crippen LogP) is 3.00. The molecule has 2 unspecified atom stereocenters. The van der Waals surface area contributed by atoms with Crippen LogP contribution < -0.4 is 11.1 Å². The molecule has 0 spiro atoms. The average molecular weight is 246 g/mol. The van der Waals surface area contributed by atoms with Crippen molar-refractivity contribution in [3.8, 4) is 0 Å². The van der Waals surface area contributed by atoms with E-state index in [0.717, 1.165) is 18.9 Å². The van der Waals surface area contributed by atoms with Gasteiger partial charge in [0, 0.05) is 6.04 Å². The molecule has 2 nitrogen and oxygen atoms in total. The van der Waals surface area contributed by atoms with Crippen LogP contribution in [-0.4, -0.2) is 13.1 Å². The first-order chi connectivity index (χ1) is 8.58. The van der Waals surface area contributed by atoms with Gasteiger partial charge >= 0.3 is 0 Å². The van der Waals surface area contributed by atoms with Gasteiger partial charge in [-0.15, -0.1) is 0 Å². The van der Waals surface area contributed by atoms with Gasteiger partial charge in [0.05, 0.1) is 0 Å². The van der Waals surface area contributed by atoms with Crippen molar-refractivity contribution in [2.45, 2.75) is 46.1 Å². The van der Waals surface area contributed by atoms with Crippen molar-refractivity contribution in [2.75, 3.05) is 13.1 Å². The Kier molecular flexibility index (Phi) is 4.41. The number of aryl methyl sites for hydroxylation is 3. The minimum atomic E-state index is 0.189. The van der Waals surface area contributed by atoms with E-state index in [9.17, 15) is 0 Å². The lowest BCUT2D eigenvalue weighted by Crippen LogP contribution is -2.32. The Morgan fingerprint density at radius 1 is 1.22 bits per heavy atom. The van der Waals surface area contributed by atoms with Crippen molar-refractivity contribution in [3.05, 3.63) is 34.4 Å². The van der Waals surface area contributed by atoms with Crippen LogP contribution in [0.1, 0.15) is 47.6 Å². The first-order valence-corrected chi connectivity index (χ1v) is 7.12. The Labute approximate surface area is 111 Å². The van der Waals surface area contributed by atoms with Crippen LogP contribution in [0.25, 0.3) is 0 Å². The van der Waals surface area contributed by atoms with Gasteiger partial charge in [-0.2, -0.15) is 0 Å². The molecule has 2 rings (SSSR count). The highest BCUT2D eigenvalue weighted by atomic mass is 14.9. The highest BCUT2D eigenvalue weighted by Gasteiger charge is 2.18. The van der Waals surface area contributed by atoms with Crippen molar-refractivity contribution in [1.29, 1.82) is 0 Å². The highest BCUT2D eigenvalue weighted by molar-refractivity contribution is 5.38. The summed E-state index contributed by atoms with van der Waals surface area (Å²) in [6.45, 7) is 8.84. The third kappa shape index (κ3) is 3.12. The second-order valence-electron chi connectivity index (χ2n) is 5.85. The maximum Gasteiger partial charge on any atom is 0.0300 e. The number of hydrogen-bond acceptors (Lipinski definition) is 2. The Hall–Kier alpha value is -0.860. The van der Waals surface area contributed by atoms with E-state index in [1.807, 2.05) is 0 Å². The van der Waals surface area contributed by atoms with E-state index in [-0.39, 0.29) is 6.04 Å². The molecule has 1 aromatic carbocycles. The maximum atomic E-state index is 6.42. The summed E-state index contributed by atoms with van der Waals surface area (Å²) >= 11 is 0. The van der Waals surface area contributed by atoms with Gasteiger partial charge in [-0.3, -0.25) is 0 Å². The van der Waals surface area contributed by atoms with Crippen LogP contribution in [0.15, 0.2) is 12.1 Å². The van der Waals surface area contributed by atoms with Gasteiger partial charge in [-0.25, -0.2) is 0 Å². The average Bonchev–Trinajstić information content (AvgIpc) is 2.35. The van der Waals surface area contributed by atoms with E-state index in [0.29, 0.717) is 0 Å². The SMILES string of the molecule is Cc1cc(C)c(C(N)CC2CCCNC2)cc1C. The van der Waals surface area contributed by atoms with Crippen LogP contribution in [0.5, 0.6) is 0 Å². The number of nitrogens with one attached hydrogen (secondary N) is 1. The van der Waals surface area contributed by atoms with Crippen molar-refractivity contribution < 1.29 is 0 Å². The summed E-state index contributed by atoms with van der Waals surface area (Å²) < 4.78 is 0. The van der Waals surface area contributed by atoms with E-state index < -0.39 is 0 Å². The molecule has 1 aromatic rings. The van der Waals surface area contributed by atoms with E-state index in [1.165, 1.54) is 41.6 Å². The lowest BCUT2D eigenvalue weighted by atomic mass is 9.87. The molecule has 1 aliphatic rings. The van der Waals surface area contributed by atoms with Crippen LogP contribution in [0.2, 0.25) is 0 Å². The summed E-state index contributed by atoms with van der Waals surface area (Å²) in [5.41, 5.74) is 11.8. The fourth-order valence-electron chi connectivity index (χ4n) is 2.99. The zero-order chi connectivity index (χ0) is 13.1. The van der Waals surface area contributed by atoms with Gasteiger partial charge in [-0.1, -0.05) is 12.1 Å². The summed E-state index contributed by atoms with van der Waals surface area (Å²) in [5, 5.41) is 3.47. The molecule has 0 aromatic heterocycles. The van der Waals surface area contributed by atoms with Crippen LogP contribution in [0, 0.1) is 26.7 Å². The first kappa shape index (κ1) is 13.6. The Balaban J connectivity index is 2.08. The molecule has 2 heteroatoms. The Morgan fingerprint density at radius 3 is 2.61 bits per heavy atom. The van der Waals surface area contributed by atoms with E-state index in [1.54, 1.807) is 0 Å². The summed E-state index contributed by atoms with van der Waals surface area (Å²) in [5.74, 6) is 0.745. The molecular weight excluding hydrogens is 220 g/mol. The summed E-state index contributed by atoms with van der Waals surface area (Å²) in [4.78, 5) is 0. The molecule has 3 N–H and O–H groups in total. The number of nitrogens with two attached hydrogens (primary N) is 1. The molecule has 0 radical (unpaired) electrons. The molecular formula is C16H26N2. The summed E-state index contributed by atoms with van der Waals surface area (Å²) in [7, 11) is 0. The molecule has 1 aliphatic heterocycles. The van der Waals surface area contributed by atoms with E-state index >= 15 is 0 Å². The largest absolute Gasteiger partial charge is 0.324 e. The molecule has 18 heavy (non-hydrogen) atoms. The van der Waals surface area contributed by atoms with Gasteiger partial charge in [0.2, 0.25) is 0 Å². The minimum absolute atomic E-state index is 0.189. The topological polar surface area (TPSA) is 38.0 Å². The lowest BCUT2D eigenvalue weighted by Gasteiger charge is -2.26. The standard InChI is InChI=1S/C16H26N2/c1-11-7-13(3)15(8-12(11)2)16(17)9-14-5-4-6-18-10-14/h7-8,14,16,18H,4-6,9-10,17H2,1-3H3.